The van der Waals surface area contributed by atoms with Crippen molar-refractivity contribution in [3.8, 4) is 34.3 Å². The van der Waals surface area contributed by atoms with Crippen LogP contribution in [0.1, 0.15) is 88.9 Å². The van der Waals surface area contributed by atoms with E-state index >= 15 is 0 Å². The molecule has 0 aliphatic carbocycles. The fourth-order valence-electron chi connectivity index (χ4n) is 8.98. The van der Waals surface area contributed by atoms with Crippen LogP contribution in [-0.4, -0.2) is 148 Å². The third kappa shape index (κ3) is 25.4. The van der Waals surface area contributed by atoms with Gasteiger partial charge in [0.05, 0.1) is 22.4 Å². The number of carboxylic acids is 1. The van der Waals surface area contributed by atoms with Gasteiger partial charge in [0, 0.05) is 63.4 Å². The summed E-state index contributed by atoms with van der Waals surface area (Å²) in [5, 5.41) is 32.8. The lowest BCUT2D eigenvalue weighted by molar-refractivity contribution is 0.0695. The molecule has 0 saturated carbocycles. The first kappa shape index (κ1) is 66.7. The molecule has 6 heterocycles. The summed E-state index contributed by atoms with van der Waals surface area (Å²) < 4.78 is 36.8. The standard InChI is InChI=1S/C25H26FN3O2.C13H18ClN3O.C12H10BFO3.C7H16N2.C6H4ClNO2/c26-21-7-11-23(12-8-21)31-22-9-4-19(5-10-22)24-13-6-20(18-28-24)25(30)27-14-17-29-15-2-1-3-16-29;14-12-5-4-11(10-16-12)13(18)15-6-9-17-7-2-1-3-8-17;14-10-3-7-12(8-4-10)17-11-5-1-9(2-6-11)13(15)16;8-4-7-9-5-2-1-3-6-9;7-5-2-1-4(3-8-5)6(9)10/h4-13,18H,1-3,14-17H2,(H,27,30);4-5,10H,1-3,6-9H2,(H,15,18);1-8,15-16H;1-8H2;1-3H,(H,9,10). The summed E-state index contributed by atoms with van der Waals surface area (Å²) in [6, 6.07) is 35.1. The van der Waals surface area contributed by atoms with Crippen LogP contribution in [0.15, 0.2) is 152 Å². The summed E-state index contributed by atoms with van der Waals surface area (Å²) in [5.41, 5.74) is 8.75. The number of likely N-dealkylation sites (tertiary alicyclic amines) is 3. The number of aromatic nitrogens is 3. The maximum Gasteiger partial charge on any atom is 0.488 e. The fourth-order valence-corrected chi connectivity index (χ4v) is 9.20. The van der Waals surface area contributed by atoms with E-state index in [-0.39, 0.29) is 29.0 Å². The number of piperidine rings is 3. The summed E-state index contributed by atoms with van der Waals surface area (Å²) in [6.07, 6.45) is 16.2. The first-order chi connectivity index (χ1) is 41.2. The van der Waals surface area contributed by atoms with Gasteiger partial charge in [-0.15, -0.1) is 0 Å². The largest absolute Gasteiger partial charge is 0.488 e. The van der Waals surface area contributed by atoms with Gasteiger partial charge in [-0.25, -0.2) is 23.5 Å². The highest BCUT2D eigenvalue weighted by Crippen LogP contribution is 2.26. The van der Waals surface area contributed by atoms with Gasteiger partial charge in [-0.2, -0.15) is 0 Å². The molecule has 85 heavy (non-hydrogen) atoms. The minimum Gasteiger partial charge on any atom is -0.478 e. The molecule has 3 aliphatic heterocycles. The molecular weight excluding hydrogens is 1130 g/mol. The van der Waals surface area contributed by atoms with Crippen molar-refractivity contribution in [2.75, 3.05) is 78.5 Å². The summed E-state index contributed by atoms with van der Waals surface area (Å²) in [7, 11) is -1.49. The van der Waals surface area contributed by atoms with E-state index in [0.29, 0.717) is 63.0 Å². The number of aromatic carboxylic acids is 1. The van der Waals surface area contributed by atoms with Gasteiger partial charge in [-0.1, -0.05) is 54.6 Å². The number of benzene rings is 4. The zero-order chi connectivity index (χ0) is 60.6. The van der Waals surface area contributed by atoms with Gasteiger partial charge in [-0.3, -0.25) is 14.6 Å². The van der Waals surface area contributed by atoms with E-state index in [9.17, 15) is 23.2 Å². The normalized spacial score (nSPS) is 14.2. The smallest absolute Gasteiger partial charge is 0.478 e. The van der Waals surface area contributed by atoms with Gasteiger partial charge in [0.25, 0.3) is 11.8 Å². The highest BCUT2D eigenvalue weighted by molar-refractivity contribution is 6.58. The molecule has 4 aromatic carbocycles. The van der Waals surface area contributed by atoms with Crippen molar-refractivity contribution < 1.29 is 47.8 Å². The quantitative estimate of drug-likeness (QED) is 0.0368. The molecule has 3 fully saturated rings. The average molecular weight is 1210 g/mol. The molecule has 7 aromatic rings. The molecule has 0 unspecified atom stereocenters. The molecule has 450 valence electrons. The number of rotatable bonds is 17. The number of amides is 2. The Balaban J connectivity index is 0.000000184. The van der Waals surface area contributed by atoms with Crippen LogP contribution in [0.25, 0.3) is 11.3 Å². The van der Waals surface area contributed by atoms with Crippen LogP contribution < -0.4 is 31.3 Å². The van der Waals surface area contributed by atoms with Crippen LogP contribution in [-0.2, 0) is 0 Å². The van der Waals surface area contributed by atoms with E-state index in [0.717, 1.165) is 63.6 Å². The van der Waals surface area contributed by atoms with Crippen molar-refractivity contribution in [2.45, 2.75) is 57.8 Å². The Bertz CT molecular complexity index is 3030. The van der Waals surface area contributed by atoms with E-state index in [2.05, 4.69) is 40.3 Å². The maximum atomic E-state index is 13.0. The Kier molecular flexibility index (Phi) is 29.1. The van der Waals surface area contributed by atoms with Crippen LogP contribution in [0.2, 0.25) is 10.3 Å². The molecule has 10 rings (SSSR count). The van der Waals surface area contributed by atoms with Gasteiger partial charge in [0.15, 0.2) is 0 Å². The predicted octanol–water partition coefficient (Wildman–Crippen LogP) is 10.0. The van der Waals surface area contributed by atoms with Gasteiger partial charge >= 0.3 is 13.1 Å². The van der Waals surface area contributed by atoms with Crippen LogP contribution in [0.3, 0.4) is 0 Å². The first-order valence-electron chi connectivity index (χ1n) is 28.5. The predicted molar refractivity (Wildman–Crippen MR) is 329 cm³/mol. The molecule has 3 aliphatic rings. The average Bonchev–Trinajstić information content (AvgIpc) is 3.69. The summed E-state index contributed by atoms with van der Waals surface area (Å²) in [6.45, 7) is 12.2. The van der Waals surface area contributed by atoms with Crippen molar-refractivity contribution in [2.24, 2.45) is 5.73 Å². The first-order valence-corrected chi connectivity index (χ1v) is 29.3. The van der Waals surface area contributed by atoms with Crippen molar-refractivity contribution in [1.29, 1.82) is 0 Å². The van der Waals surface area contributed by atoms with E-state index in [1.807, 2.05) is 30.3 Å². The number of ether oxygens (including phenoxy) is 2. The van der Waals surface area contributed by atoms with Crippen LogP contribution in [0.5, 0.6) is 23.0 Å². The molecule has 3 saturated heterocycles. The third-order valence-electron chi connectivity index (χ3n) is 13.6. The molecule has 7 N–H and O–H groups in total. The molecule has 2 amide bonds. The third-order valence-corrected chi connectivity index (χ3v) is 14.1. The Labute approximate surface area is 506 Å². The summed E-state index contributed by atoms with van der Waals surface area (Å²) in [5.74, 6) is 0.483. The molecule has 17 nitrogen and oxygen atoms in total. The molecule has 0 spiro atoms. The van der Waals surface area contributed by atoms with E-state index < -0.39 is 13.1 Å². The van der Waals surface area contributed by atoms with Crippen molar-refractivity contribution >= 4 is 53.6 Å². The highest BCUT2D eigenvalue weighted by atomic mass is 35.5. The Morgan fingerprint density at radius 2 is 0.859 bits per heavy atom. The van der Waals surface area contributed by atoms with Gasteiger partial charge < -0.3 is 55.7 Å². The Hall–Kier alpha value is -7.40. The number of carbonyl (C=O) groups excluding carboxylic acids is 2. The van der Waals surface area contributed by atoms with Crippen LogP contribution >= 0.6 is 23.2 Å². The van der Waals surface area contributed by atoms with Gasteiger partial charge in [0.1, 0.15) is 44.9 Å². The minimum atomic E-state index is -1.49. The second-order valence-corrected chi connectivity index (χ2v) is 20.8. The molecule has 22 heteroatoms. The van der Waals surface area contributed by atoms with Crippen molar-refractivity contribution in [3.63, 3.8) is 0 Å². The highest BCUT2D eigenvalue weighted by Gasteiger charge is 2.15. The lowest BCUT2D eigenvalue weighted by Gasteiger charge is -2.26. The summed E-state index contributed by atoms with van der Waals surface area (Å²) in [4.78, 5) is 53.5. The maximum absolute atomic E-state index is 13.0. The van der Waals surface area contributed by atoms with E-state index in [4.69, 9.17) is 53.6 Å². The zero-order valence-electron chi connectivity index (χ0n) is 47.5. The Morgan fingerprint density at radius 3 is 1.21 bits per heavy atom. The number of pyridine rings is 3. The fraction of sp³-hybridized carbons (Fsp3) is 0.333. The van der Waals surface area contributed by atoms with Crippen LogP contribution in [0, 0.1) is 11.6 Å². The Morgan fingerprint density at radius 1 is 0.494 bits per heavy atom. The van der Waals surface area contributed by atoms with Gasteiger partial charge in [-0.05, 0) is 205 Å². The number of carboxylic acid groups (broad SMARTS) is 1. The number of nitrogens with zero attached hydrogens (tertiary/aromatic N) is 6. The van der Waals surface area contributed by atoms with Gasteiger partial charge in [0.2, 0.25) is 0 Å². The number of nitrogens with two attached hydrogens (primary N) is 1. The molecular formula is C63H74BCl2F2N9O8. The van der Waals surface area contributed by atoms with Crippen molar-refractivity contribution in [1.82, 2.24) is 40.3 Å². The monoisotopic (exact) mass is 1200 g/mol. The molecule has 0 bridgehead atoms. The molecule has 0 atom stereocenters. The van der Waals surface area contributed by atoms with E-state index in [1.165, 1.54) is 132 Å². The number of nitrogens with one attached hydrogen (secondary N) is 2. The number of carbonyl (C=O) groups is 3. The number of hydrogen-bond acceptors (Lipinski definition) is 14. The second kappa shape index (κ2) is 37.1. The SMILES string of the molecule is NCCN1CCCCC1.O=C(NCCN1CCCCC1)c1ccc(-c2ccc(Oc3ccc(F)cc3)cc2)nc1.O=C(NCCN1CCCCC1)c1ccc(Cl)nc1.O=C(O)c1ccc(Cl)nc1.OB(O)c1ccc(Oc2ccc(F)cc2)cc1. The lowest BCUT2D eigenvalue weighted by atomic mass is 9.80. The molecule has 3 aromatic heterocycles. The topological polar surface area (TPSA) is 229 Å². The molecule has 0 radical (unpaired) electrons. The van der Waals surface area contributed by atoms with E-state index in [1.54, 1.807) is 60.8 Å². The summed E-state index contributed by atoms with van der Waals surface area (Å²) >= 11 is 11.1. The van der Waals surface area contributed by atoms with Crippen molar-refractivity contribution in [3.05, 3.63) is 191 Å². The second-order valence-electron chi connectivity index (χ2n) is 20.1. The number of halogens is 4. The minimum absolute atomic E-state index is 0.0869. The number of hydrogen-bond donors (Lipinski definition) is 6. The zero-order valence-corrected chi connectivity index (χ0v) is 49.0. The van der Waals surface area contributed by atoms with Crippen LogP contribution in [0.4, 0.5) is 8.78 Å². The lowest BCUT2D eigenvalue weighted by Crippen LogP contribution is -2.37.